The highest BCUT2D eigenvalue weighted by molar-refractivity contribution is 7.77. The molecule has 0 bridgehead atoms. The van der Waals surface area contributed by atoms with Gasteiger partial charge in [0.1, 0.15) is 0 Å². The smallest absolute Gasteiger partial charge is 0.206 e. The molecule has 52 valence electrons. The van der Waals surface area contributed by atoms with Crippen molar-refractivity contribution in [3.05, 3.63) is 0 Å². The van der Waals surface area contributed by atoms with E-state index in [1.165, 1.54) is 0 Å². The van der Waals surface area contributed by atoms with E-state index in [0.717, 1.165) is 12.8 Å². The van der Waals surface area contributed by atoms with E-state index in [9.17, 15) is 8.42 Å². The van der Waals surface area contributed by atoms with E-state index in [-0.39, 0.29) is 0 Å². The molecule has 0 spiro atoms. The number of unbranched alkanes of at least 4 members (excludes halogenated alkanes) is 2. The minimum Gasteiger partial charge on any atom is -0.218 e. The minimum absolute atomic E-state index is 0.694. The second-order valence-corrected chi connectivity index (χ2v) is 2.39. The first-order chi connectivity index (χ1) is 4.27. The van der Waals surface area contributed by atoms with Crippen LogP contribution in [-0.4, -0.2) is 8.42 Å². The third-order valence-electron chi connectivity index (χ3n) is 0.826. The second-order valence-electron chi connectivity index (χ2n) is 1.65. The van der Waals surface area contributed by atoms with Gasteiger partial charge in [-0.1, -0.05) is 19.3 Å². The molecule has 2 nitrogen and oxygen atoms in total. The predicted octanol–water partition coefficient (Wildman–Crippen LogP) is 0.749. The molecule has 0 saturated heterocycles. The van der Waals surface area contributed by atoms with E-state index in [1.54, 1.807) is 0 Å². The standard InChI is InChI=1S/C6H10O2S/c1-2-3-4-5-6-9(7)8/h9H,2-4H2,1H3. The summed E-state index contributed by atoms with van der Waals surface area (Å²) in [6, 6.07) is 0. The topological polar surface area (TPSA) is 34.1 Å². The Hall–Kier alpha value is -0.490. The lowest BCUT2D eigenvalue weighted by atomic mass is 10.3. The fourth-order valence-electron chi connectivity index (χ4n) is 0.386. The van der Waals surface area contributed by atoms with Crippen LogP contribution in [0.2, 0.25) is 0 Å². The van der Waals surface area contributed by atoms with Gasteiger partial charge in [0.15, 0.2) is 0 Å². The third kappa shape index (κ3) is 7.51. The van der Waals surface area contributed by atoms with Crippen molar-refractivity contribution in [2.24, 2.45) is 0 Å². The molecular formula is C6H10O2S. The van der Waals surface area contributed by atoms with Crippen LogP contribution in [0.1, 0.15) is 26.2 Å². The number of rotatable bonds is 2. The van der Waals surface area contributed by atoms with Crippen LogP contribution in [-0.2, 0) is 10.7 Å². The molecule has 3 heteroatoms. The highest BCUT2D eigenvalue weighted by Crippen LogP contribution is 1.89. The van der Waals surface area contributed by atoms with Crippen molar-refractivity contribution in [1.82, 2.24) is 0 Å². The zero-order valence-corrected chi connectivity index (χ0v) is 6.28. The van der Waals surface area contributed by atoms with Gasteiger partial charge in [0.2, 0.25) is 10.7 Å². The average molecular weight is 146 g/mol. The van der Waals surface area contributed by atoms with Crippen LogP contribution in [0, 0.1) is 11.2 Å². The zero-order chi connectivity index (χ0) is 7.11. The minimum atomic E-state index is -2.48. The van der Waals surface area contributed by atoms with Gasteiger partial charge in [-0.25, -0.2) is 8.42 Å². The Balaban J connectivity index is 3.38. The number of hydrogen-bond acceptors (Lipinski definition) is 2. The van der Waals surface area contributed by atoms with E-state index < -0.39 is 10.7 Å². The van der Waals surface area contributed by atoms with Crippen molar-refractivity contribution >= 4 is 10.7 Å². The van der Waals surface area contributed by atoms with Crippen LogP contribution >= 0.6 is 0 Å². The lowest BCUT2D eigenvalue weighted by Crippen LogP contribution is -1.68. The molecule has 0 N–H and O–H groups in total. The molecule has 9 heavy (non-hydrogen) atoms. The van der Waals surface area contributed by atoms with Crippen molar-refractivity contribution in [3.8, 4) is 11.2 Å². The third-order valence-corrected chi connectivity index (χ3v) is 1.17. The molecule has 0 unspecified atom stereocenters. The Bertz CT molecular complexity index is 175. The molecule has 0 radical (unpaired) electrons. The van der Waals surface area contributed by atoms with E-state index >= 15 is 0 Å². The summed E-state index contributed by atoms with van der Waals surface area (Å²) in [5.41, 5.74) is 0. The zero-order valence-electron chi connectivity index (χ0n) is 5.39. The Morgan fingerprint density at radius 3 is 2.56 bits per heavy atom. The number of thiol groups is 1. The lowest BCUT2D eigenvalue weighted by Gasteiger charge is -1.80. The van der Waals surface area contributed by atoms with Crippen molar-refractivity contribution in [2.45, 2.75) is 26.2 Å². The van der Waals surface area contributed by atoms with Gasteiger partial charge in [0.05, 0.1) is 0 Å². The summed E-state index contributed by atoms with van der Waals surface area (Å²) < 4.78 is 19.7. The van der Waals surface area contributed by atoms with E-state index in [1.807, 2.05) is 6.92 Å². The van der Waals surface area contributed by atoms with Gasteiger partial charge in [0, 0.05) is 11.7 Å². The van der Waals surface area contributed by atoms with Crippen LogP contribution in [0.25, 0.3) is 0 Å². The first kappa shape index (κ1) is 8.51. The molecule has 0 aromatic rings. The first-order valence-electron chi connectivity index (χ1n) is 2.90. The van der Waals surface area contributed by atoms with Gasteiger partial charge in [0.25, 0.3) is 0 Å². The Morgan fingerprint density at radius 2 is 2.11 bits per heavy atom. The summed E-state index contributed by atoms with van der Waals surface area (Å²) in [5, 5.41) is 2.08. The van der Waals surface area contributed by atoms with Crippen molar-refractivity contribution in [3.63, 3.8) is 0 Å². The summed E-state index contributed by atoms with van der Waals surface area (Å²) in [7, 11) is -2.48. The molecule has 0 rings (SSSR count). The van der Waals surface area contributed by atoms with Crippen LogP contribution in [0.3, 0.4) is 0 Å². The Labute approximate surface area is 57.2 Å². The quantitative estimate of drug-likeness (QED) is 0.354. The Morgan fingerprint density at radius 1 is 1.44 bits per heavy atom. The van der Waals surface area contributed by atoms with Gasteiger partial charge >= 0.3 is 0 Å². The fraction of sp³-hybridized carbons (Fsp3) is 0.667. The van der Waals surface area contributed by atoms with Crippen LogP contribution < -0.4 is 0 Å². The molecule has 0 aliphatic heterocycles. The van der Waals surface area contributed by atoms with E-state index in [4.69, 9.17) is 0 Å². The normalized spacial score (nSPS) is 8.67. The number of hydrogen-bond donors (Lipinski definition) is 1. The predicted molar refractivity (Wildman–Crippen MR) is 37.6 cm³/mol. The lowest BCUT2D eigenvalue weighted by molar-refractivity contribution is 0.623. The maximum Gasteiger partial charge on any atom is 0.206 e. The van der Waals surface area contributed by atoms with E-state index in [0.29, 0.717) is 6.42 Å². The Kier molecular flexibility index (Phi) is 5.34. The highest BCUT2D eigenvalue weighted by Gasteiger charge is 1.75. The van der Waals surface area contributed by atoms with Gasteiger partial charge in [-0.2, -0.15) is 0 Å². The largest absolute Gasteiger partial charge is 0.218 e. The molecule has 0 aliphatic rings. The SMILES string of the molecule is CCCCC#C[SH](=O)=O. The van der Waals surface area contributed by atoms with Crippen molar-refractivity contribution in [2.75, 3.05) is 0 Å². The first-order valence-corrected chi connectivity index (χ1v) is 4.08. The van der Waals surface area contributed by atoms with Gasteiger partial charge < -0.3 is 0 Å². The summed E-state index contributed by atoms with van der Waals surface area (Å²) in [6.45, 7) is 2.04. The molecule has 0 amide bonds. The summed E-state index contributed by atoms with van der Waals surface area (Å²) in [5.74, 6) is 2.54. The molecule has 0 aliphatic carbocycles. The van der Waals surface area contributed by atoms with E-state index in [2.05, 4.69) is 11.2 Å². The van der Waals surface area contributed by atoms with Crippen LogP contribution in [0.15, 0.2) is 0 Å². The van der Waals surface area contributed by atoms with Crippen molar-refractivity contribution in [1.29, 1.82) is 0 Å². The monoisotopic (exact) mass is 146 g/mol. The van der Waals surface area contributed by atoms with Crippen molar-refractivity contribution < 1.29 is 8.42 Å². The average Bonchev–Trinajstić information content (AvgIpc) is 1.80. The summed E-state index contributed by atoms with van der Waals surface area (Å²) in [6.07, 6.45) is 2.74. The highest BCUT2D eigenvalue weighted by atomic mass is 32.2. The van der Waals surface area contributed by atoms with Crippen LogP contribution in [0.5, 0.6) is 0 Å². The fourth-order valence-corrected chi connectivity index (χ4v) is 0.627. The molecular weight excluding hydrogens is 136 g/mol. The molecule has 0 aromatic heterocycles. The van der Waals surface area contributed by atoms with Gasteiger partial charge in [-0.3, -0.25) is 0 Å². The summed E-state index contributed by atoms with van der Waals surface area (Å²) in [4.78, 5) is 0. The van der Waals surface area contributed by atoms with Gasteiger partial charge in [-0.05, 0) is 6.42 Å². The molecule has 0 saturated carbocycles. The van der Waals surface area contributed by atoms with Crippen LogP contribution in [0.4, 0.5) is 0 Å². The summed E-state index contributed by atoms with van der Waals surface area (Å²) >= 11 is 0. The van der Waals surface area contributed by atoms with Gasteiger partial charge in [-0.15, -0.1) is 0 Å². The molecule has 0 fully saturated rings. The maximum atomic E-state index is 9.83. The molecule has 0 aromatic carbocycles. The molecule has 0 heterocycles. The maximum absolute atomic E-state index is 9.83. The molecule has 0 atom stereocenters. The second kappa shape index (κ2) is 5.64.